The molecule has 0 radical (unpaired) electrons. The van der Waals surface area contributed by atoms with Crippen LogP contribution in [-0.4, -0.2) is 22.6 Å². The van der Waals surface area contributed by atoms with E-state index in [1.807, 2.05) is 12.1 Å². The first-order valence-electron chi connectivity index (χ1n) is 9.60. The molecule has 8 heteroatoms. The number of benzene rings is 4. The van der Waals surface area contributed by atoms with Crippen LogP contribution in [0.4, 0.5) is 5.69 Å². The molecule has 0 aromatic heterocycles. The van der Waals surface area contributed by atoms with Gasteiger partial charge in [0.1, 0.15) is 17.2 Å². The highest BCUT2D eigenvalue weighted by Gasteiger charge is 2.18. The van der Waals surface area contributed by atoms with E-state index in [2.05, 4.69) is 4.72 Å². The lowest BCUT2D eigenvalue weighted by atomic mass is 10.1. The molecular formula is C24H20ClNO5S. The van der Waals surface area contributed by atoms with Crippen LogP contribution in [0.25, 0.3) is 10.8 Å². The van der Waals surface area contributed by atoms with Crippen LogP contribution in [0.1, 0.15) is 0 Å². The number of hydrogen-bond acceptors (Lipinski definition) is 5. The molecular weight excluding hydrogens is 450 g/mol. The molecule has 4 aromatic rings. The summed E-state index contributed by atoms with van der Waals surface area (Å²) < 4.78 is 45.1. The van der Waals surface area contributed by atoms with Gasteiger partial charge in [-0.05, 0) is 77.5 Å². The molecule has 0 atom stereocenters. The van der Waals surface area contributed by atoms with Crippen LogP contribution >= 0.6 is 11.6 Å². The fraction of sp³-hybridized carbons (Fsp3) is 0.0833. The molecule has 4 rings (SSSR count). The van der Waals surface area contributed by atoms with Crippen molar-refractivity contribution in [2.75, 3.05) is 18.9 Å². The third-order valence-electron chi connectivity index (χ3n) is 4.80. The minimum Gasteiger partial charge on any atom is -0.497 e. The molecule has 0 fully saturated rings. The van der Waals surface area contributed by atoms with E-state index in [0.717, 1.165) is 10.8 Å². The summed E-state index contributed by atoms with van der Waals surface area (Å²) in [5, 5.41) is 2.01. The number of methoxy groups -OCH3 is 2. The molecule has 0 amide bonds. The van der Waals surface area contributed by atoms with Crippen molar-refractivity contribution in [2.45, 2.75) is 4.90 Å². The van der Waals surface area contributed by atoms with Crippen LogP contribution in [0, 0.1) is 0 Å². The molecule has 6 nitrogen and oxygen atoms in total. The van der Waals surface area contributed by atoms with Crippen molar-refractivity contribution in [1.29, 1.82) is 0 Å². The zero-order valence-corrected chi connectivity index (χ0v) is 18.9. The van der Waals surface area contributed by atoms with E-state index in [-0.39, 0.29) is 10.6 Å². The Balaban J connectivity index is 1.65. The Bertz CT molecular complexity index is 1370. The average molecular weight is 470 g/mol. The lowest BCUT2D eigenvalue weighted by molar-refractivity contribution is 0.413. The van der Waals surface area contributed by atoms with E-state index in [0.29, 0.717) is 28.0 Å². The quantitative estimate of drug-likeness (QED) is 0.354. The summed E-state index contributed by atoms with van der Waals surface area (Å²) in [6, 6.07) is 22.0. The monoisotopic (exact) mass is 469 g/mol. The second kappa shape index (κ2) is 8.98. The fourth-order valence-electron chi connectivity index (χ4n) is 3.14. The lowest BCUT2D eigenvalue weighted by Gasteiger charge is -2.14. The zero-order valence-electron chi connectivity index (χ0n) is 17.3. The summed E-state index contributed by atoms with van der Waals surface area (Å²) in [5.41, 5.74) is 0.225. The van der Waals surface area contributed by atoms with Crippen molar-refractivity contribution >= 4 is 38.1 Å². The van der Waals surface area contributed by atoms with Crippen molar-refractivity contribution < 1.29 is 22.6 Å². The summed E-state index contributed by atoms with van der Waals surface area (Å²) in [6.45, 7) is 0. The first-order valence-corrected chi connectivity index (χ1v) is 11.5. The summed E-state index contributed by atoms with van der Waals surface area (Å²) in [7, 11) is -0.744. The van der Waals surface area contributed by atoms with Gasteiger partial charge in [-0.25, -0.2) is 8.42 Å². The number of rotatable bonds is 7. The van der Waals surface area contributed by atoms with Gasteiger partial charge in [-0.2, -0.15) is 0 Å². The third kappa shape index (κ3) is 4.74. The molecule has 4 aromatic carbocycles. The predicted molar refractivity (Wildman–Crippen MR) is 126 cm³/mol. The maximum atomic E-state index is 13.1. The largest absolute Gasteiger partial charge is 0.497 e. The fourth-order valence-corrected chi connectivity index (χ4v) is 4.41. The standard InChI is InChI=1S/C24H20ClNO5S/c1-29-19-7-9-20(10-8-19)31-24-12-5-18(25)15-23(24)26-32(27,28)22-11-4-16-13-21(30-2)6-3-17(16)14-22/h3-15,26H,1-2H3. The minimum atomic E-state index is -3.90. The highest BCUT2D eigenvalue weighted by Crippen LogP contribution is 2.34. The first-order chi connectivity index (χ1) is 15.4. The van der Waals surface area contributed by atoms with E-state index >= 15 is 0 Å². The van der Waals surface area contributed by atoms with Gasteiger partial charge in [0.25, 0.3) is 10.0 Å². The maximum Gasteiger partial charge on any atom is 0.262 e. The van der Waals surface area contributed by atoms with Crippen molar-refractivity contribution in [2.24, 2.45) is 0 Å². The smallest absolute Gasteiger partial charge is 0.262 e. The Morgan fingerprint density at radius 2 is 1.34 bits per heavy atom. The second-order valence-corrected chi connectivity index (χ2v) is 9.02. The number of ether oxygens (including phenoxy) is 3. The lowest BCUT2D eigenvalue weighted by Crippen LogP contribution is -2.13. The molecule has 0 spiro atoms. The van der Waals surface area contributed by atoms with Gasteiger partial charge in [-0.3, -0.25) is 4.72 Å². The highest BCUT2D eigenvalue weighted by atomic mass is 35.5. The van der Waals surface area contributed by atoms with Gasteiger partial charge in [-0.1, -0.05) is 23.7 Å². The Morgan fingerprint density at radius 1 is 0.719 bits per heavy atom. The topological polar surface area (TPSA) is 73.9 Å². The van der Waals surface area contributed by atoms with E-state index in [9.17, 15) is 8.42 Å². The maximum absolute atomic E-state index is 13.1. The van der Waals surface area contributed by atoms with E-state index < -0.39 is 10.0 Å². The molecule has 0 heterocycles. The van der Waals surface area contributed by atoms with Crippen molar-refractivity contribution in [1.82, 2.24) is 0 Å². The summed E-state index contributed by atoms with van der Waals surface area (Å²) in [6.07, 6.45) is 0. The SMILES string of the molecule is COc1ccc(Oc2ccc(Cl)cc2NS(=O)(=O)c2ccc3cc(OC)ccc3c2)cc1. The molecule has 0 aliphatic heterocycles. The van der Waals surface area contributed by atoms with Crippen LogP contribution < -0.4 is 18.9 Å². The van der Waals surface area contributed by atoms with Gasteiger partial charge in [0.2, 0.25) is 0 Å². The summed E-state index contributed by atoms with van der Waals surface area (Å²) in [5.74, 6) is 2.22. The first kappa shape index (κ1) is 21.8. The molecule has 32 heavy (non-hydrogen) atoms. The molecule has 1 N–H and O–H groups in total. The van der Waals surface area contributed by atoms with E-state index in [4.69, 9.17) is 25.8 Å². The van der Waals surface area contributed by atoms with Crippen LogP contribution in [-0.2, 0) is 10.0 Å². The van der Waals surface area contributed by atoms with Gasteiger partial charge in [0, 0.05) is 5.02 Å². The van der Waals surface area contributed by atoms with Crippen molar-refractivity contribution in [3.05, 3.63) is 83.9 Å². The van der Waals surface area contributed by atoms with E-state index in [1.165, 1.54) is 6.07 Å². The van der Waals surface area contributed by atoms with Crippen LogP contribution in [0.5, 0.6) is 23.0 Å². The highest BCUT2D eigenvalue weighted by molar-refractivity contribution is 7.92. The number of hydrogen-bond donors (Lipinski definition) is 1. The predicted octanol–water partition coefficient (Wildman–Crippen LogP) is 6.10. The summed E-state index contributed by atoms with van der Waals surface area (Å²) in [4.78, 5) is 0.116. The van der Waals surface area contributed by atoms with Crippen LogP contribution in [0.15, 0.2) is 83.8 Å². The molecule has 164 valence electrons. The Kier molecular flexibility index (Phi) is 6.12. The van der Waals surface area contributed by atoms with Gasteiger partial charge in [-0.15, -0.1) is 0 Å². The normalized spacial score (nSPS) is 11.2. The number of halogens is 1. The van der Waals surface area contributed by atoms with Gasteiger partial charge in [0.15, 0.2) is 5.75 Å². The third-order valence-corrected chi connectivity index (χ3v) is 6.40. The number of sulfonamides is 1. The summed E-state index contributed by atoms with van der Waals surface area (Å²) >= 11 is 6.12. The Hall–Kier alpha value is -3.42. The molecule has 0 bridgehead atoms. The molecule has 0 unspecified atom stereocenters. The molecule has 0 saturated heterocycles. The van der Waals surface area contributed by atoms with E-state index in [1.54, 1.807) is 74.9 Å². The average Bonchev–Trinajstić information content (AvgIpc) is 2.80. The Morgan fingerprint density at radius 3 is 2.06 bits per heavy atom. The second-order valence-electron chi connectivity index (χ2n) is 6.90. The van der Waals surface area contributed by atoms with Crippen LogP contribution in [0.2, 0.25) is 5.02 Å². The molecule has 0 aliphatic rings. The van der Waals surface area contributed by atoms with Crippen molar-refractivity contribution in [3.8, 4) is 23.0 Å². The van der Waals surface area contributed by atoms with Crippen LogP contribution in [0.3, 0.4) is 0 Å². The van der Waals surface area contributed by atoms with Gasteiger partial charge in [0.05, 0.1) is 24.8 Å². The van der Waals surface area contributed by atoms with Crippen molar-refractivity contribution in [3.63, 3.8) is 0 Å². The van der Waals surface area contributed by atoms with Gasteiger partial charge >= 0.3 is 0 Å². The number of anilines is 1. The Labute approximate surface area is 191 Å². The minimum absolute atomic E-state index is 0.116. The molecule has 0 saturated carbocycles. The molecule has 0 aliphatic carbocycles. The number of fused-ring (bicyclic) bond motifs is 1. The number of nitrogens with one attached hydrogen (secondary N) is 1. The zero-order chi connectivity index (χ0) is 22.7. The van der Waals surface area contributed by atoms with Gasteiger partial charge < -0.3 is 14.2 Å².